The molecule has 3 N–H and O–H groups in total. The Balaban J connectivity index is 1.54. The molecule has 2 aromatic rings. The van der Waals surface area contributed by atoms with Crippen LogP contribution in [0, 0.1) is 5.41 Å². The van der Waals surface area contributed by atoms with E-state index in [1.165, 1.54) is 37.7 Å². The maximum absolute atomic E-state index is 9.52. The summed E-state index contributed by atoms with van der Waals surface area (Å²) in [5.74, 6) is 0.867. The van der Waals surface area contributed by atoms with Crippen LogP contribution in [0.25, 0.3) is 5.69 Å². The molecule has 0 atom stereocenters. The van der Waals surface area contributed by atoms with Crippen LogP contribution in [0.15, 0.2) is 47.7 Å². The summed E-state index contributed by atoms with van der Waals surface area (Å²) in [5, 5.41) is 20.8. The Kier molecular flexibility index (Phi) is 8.11. The van der Waals surface area contributed by atoms with Gasteiger partial charge in [0.15, 0.2) is 5.96 Å². The van der Waals surface area contributed by atoms with E-state index in [4.69, 9.17) is 4.99 Å². The zero-order valence-electron chi connectivity index (χ0n) is 17.6. The van der Waals surface area contributed by atoms with Crippen molar-refractivity contribution in [2.75, 3.05) is 26.2 Å². The number of benzene rings is 1. The number of para-hydroxylation sites is 1. The van der Waals surface area contributed by atoms with Crippen molar-refractivity contribution in [1.82, 2.24) is 20.4 Å². The smallest absolute Gasteiger partial charge is 0.191 e. The molecular weight excluding hydrogens is 362 g/mol. The molecule has 1 aliphatic rings. The molecule has 0 saturated heterocycles. The van der Waals surface area contributed by atoms with Gasteiger partial charge in [0.05, 0.1) is 11.9 Å². The van der Waals surface area contributed by atoms with Crippen LogP contribution < -0.4 is 10.6 Å². The third kappa shape index (κ3) is 6.32. The van der Waals surface area contributed by atoms with Crippen molar-refractivity contribution < 1.29 is 5.11 Å². The molecule has 0 amide bonds. The largest absolute Gasteiger partial charge is 0.396 e. The van der Waals surface area contributed by atoms with Crippen LogP contribution in [0.5, 0.6) is 0 Å². The number of guanidine groups is 1. The third-order valence-corrected chi connectivity index (χ3v) is 5.84. The van der Waals surface area contributed by atoms with Crippen molar-refractivity contribution >= 4 is 5.96 Å². The van der Waals surface area contributed by atoms with Crippen molar-refractivity contribution in [3.8, 4) is 5.69 Å². The summed E-state index contributed by atoms with van der Waals surface area (Å²) < 4.78 is 1.91. The number of aliphatic hydroxyl groups excluding tert-OH is 1. The molecule has 6 heteroatoms. The summed E-state index contributed by atoms with van der Waals surface area (Å²) in [6, 6.07) is 10.2. The van der Waals surface area contributed by atoms with Crippen molar-refractivity contribution in [3.05, 3.63) is 48.3 Å². The number of hydrogen-bond donors (Lipinski definition) is 3. The number of aliphatic hydroxyl groups is 1. The van der Waals surface area contributed by atoms with Crippen molar-refractivity contribution in [1.29, 1.82) is 0 Å². The molecule has 1 aromatic heterocycles. The van der Waals surface area contributed by atoms with Crippen LogP contribution in [0.4, 0.5) is 0 Å². The topological polar surface area (TPSA) is 74.5 Å². The van der Waals surface area contributed by atoms with Gasteiger partial charge in [0, 0.05) is 32.4 Å². The maximum atomic E-state index is 9.52. The average molecular weight is 398 g/mol. The van der Waals surface area contributed by atoms with Gasteiger partial charge in [-0.3, -0.25) is 4.99 Å². The lowest BCUT2D eigenvalue weighted by Crippen LogP contribution is -2.40. The Labute approximate surface area is 174 Å². The predicted molar refractivity (Wildman–Crippen MR) is 118 cm³/mol. The second-order valence-corrected chi connectivity index (χ2v) is 8.03. The highest BCUT2D eigenvalue weighted by atomic mass is 16.3. The van der Waals surface area contributed by atoms with Gasteiger partial charge in [-0.15, -0.1) is 0 Å². The van der Waals surface area contributed by atoms with Gasteiger partial charge in [0.25, 0.3) is 0 Å². The van der Waals surface area contributed by atoms with E-state index in [0.717, 1.165) is 44.1 Å². The molecule has 0 spiro atoms. The number of nitrogens with zero attached hydrogens (tertiary/aromatic N) is 3. The standard InChI is InChI=1S/C23H35N5O/c1-2-24-22(26-19-23(14-16-29)12-7-4-8-13-23)25-15-11-20-17-27-28(18-20)21-9-5-3-6-10-21/h3,5-6,9-10,17-18,29H,2,4,7-8,11-16,19H2,1H3,(H2,24,25,26). The molecule has 1 heterocycles. The number of rotatable bonds is 9. The molecular formula is C23H35N5O. The molecule has 1 fully saturated rings. The lowest BCUT2D eigenvalue weighted by Gasteiger charge is -2.35. The van der Waals surface area contributed by atoms with E-state index in [0.29, 0.717) is 0 Å². The minimum Gasteiger partial charge on any atom is -0.396 e. The fourth-order valence-electron chi connectivity index (χ4n) is 4.15. The first kappa shape index (κ1) is 21.4. The lowest BCUT2D eigenvalue weighted by molar-refractivity contribution is 0.137. The van der Waals surface area contributed by atoms with Crippen molar-refractivity contribution in [3.63, 3.8) is 0 Å². The van der Waals surface area contributed by atoms with E-state index in [9.17, 15) is 5.11 Å². The zero-order valence-corrected chi connectivity index (χ0v) is 17.6. The number of nitrogens with one attached hydrogen (secondary N) is 2. The molecule has 29 heavy (non-hydrogen) atoms. The summed E-state index contributed by atoms with van der Waals surface area (Å²) in [7, 11) is 0. The molecule has 0 radical (unpaired) electrons. The van der Waals surface area contributed by atoms with Crippen LogP contribution in [0.2, 0.25) is 0 Å². The highest BCUT2D eigenvalue weighted by Crippen LogP contribution is 2.39. The number of aromatic nitrogens is 2. The predicted octanol–water partition coefficient (Wildman–Crippen LogP) is 3.30. The van der Waals surface area contributed by atoms with E-state index in [1.807, 2.05) is 29.1 Å². The van der Waals surface area contributed by atoms with E-state index < -0.39 is 0 Å². The minimum absolute atomic E-state index is 0.173. The number of hydrogen-bond acceptors (Lipinski definition) is 3. The molecule has 158 valence electrons. The van der Waals surface area contributed by atoms with Gasteiger partial charge in [0.2, 0.25) is 0 Å². The molecule has 0 unspecified atom stereocenters. The SMILES string of the molecule is CCNC(=NCC1(CCO)CCCCC1)NCCc1cnn(-c2ccccc2)c1. The van der Waals surface area contributed by atoms with Crippen molar-refractivity contribution in [2.45, 2.75) is 51.9 Å². The Bertz CT molecular complexity index is 744. The second kappa shape index (κ2) is 11.0. The van der Waals surface area contributed by atoms with E-state index in [-0.39, 0.29) is 12.0 Å². The van der Waals surface area contributed by atoms with Gasteiger partial charge in [0.1, 0.15) is 0 Å². The van der Waals surface area contributed by atoms with Gasteiger partial charge < -0.3 is 15.7 Å². The molecule has 0 bridgehead atoms. The maximum Gasteiger partial charge on any atom is 0.191 e. The van der Waals surface area contributed by atoms with Crippen LogP contribution in [-0.4, -0.2) is 47.1 Å². The molecule has 6 nitrogen and oxygen atoms in total. The van der Waals surface area contributed by atoms with Gasteiger partial charge in [-0.25, -0.2) is 4.68 Å². The average Bonchev–Trinajstić information content (AvgIpc) is 3.23. The van der Waals surface area contributed by atoms with Crippen LogP contribution in [-0.2, 0) is 6.42 Å². The van der Waals surface area contributed by atoms with E-state index >= 15 is 0 Å². The normalized spacial score (nSPS) is 16.6. The summed E-state index contributed by atoms with van der Waals surface area (Å²) in [6.07, 6.45) is 11.9. The zero-order chi connectivity index (χ0) is 20.4. The van der Waals surface area contributed by atoms with Crippen molar-refractivity contribution in [2.24, 2.45) is 10.4 Å². The molecule has 1 saturated carbocycles. The first-order valence-corrected chi connectivity index (χ1v) is 11.0. The third-order valence-electron chi connectivity index (χ3n) is 5.84. The summed E-state index contributed by atoms with van der Waals surface area (Å²) in [4.78, 5) is 4.87. The Morgan fingerprint density at radius 1 is 1.17 bits per heavy atom. The van der Waals surface area contributed by atoms with Gasteiger partial charge in [-0.2, -0.15) is 5.10 Å². The number of aliphatic imine (C=N–C) groups is 1. The fourth-order valence-corrected chi connectivity index (χ4v) is 4.15. The second-order valence-electron chi connectivity index (χ2n) is 8.03. The van der Waals surface area contributed by atoms with Gasteiger partial charge >= 0.3 is 0 Å². The molecule has 1 aromatic carbocycles. The molecule has 1 aliphatic carbocycles. The molecule has 0 aliphatic heterocycles. The first-order valence-electron chi connectivity index (χ1n) is 11.0. The van der Waals surface area contributed by atoms with Crippen LogP contribution in [0.3, 0.4) is 0 Å². The lowest BCUT2D eigenvalue weighted by atomic mass is 9.72. The van der Waals surface area contributed by atoms with Gasteiger partial charge in [-0.1, -0.05) is 37.5 Å². The fraction of sp³-hybridized carbons (Fsp3) is 0.565. The Hall–Kier alpha value is -2.34. The van der Waals surface area contributed by atoms with Crippen LogP contribution in [0.1, 0.15) is 51.0 Å². The minimum atomic E-state index is 0.173. The van der Waals surface area contributed by atoms with Gasteiger partial charge in [-0.05, 0) is 55.7 Å². The van der Waals surface area contributed by atoms with E-state index in [2.05, 4.69) is 41.0 Å². The Morgan fingerprint density at radius 3 is 2.69 bits per heavy atom. The molecule has 3 rings (SSSR count). The quantitative estimate of drug-likeness (QED) is 0.448. The van der Waals surface area contributed by atoms with E-state index in [1.54, 1.807) is 0 Å². The highest BCUT2D eigenvalue weighted by Gasteiger charge is 2.31. The highest BCUT2D eigenvalue weighted by molar-refractivity contribution is 5.79. The summed E-state index contributed by atoms with van der Waals surface area (Å²) >= 11 is 0. The Morgan fingerprint density at radius 2 is 1.97 bits per heavy atom. The summed E-state index contributed by atoms with van der Waals surface area (Å²) in [5.41, 5.74) is 2.44. The summed E-state index contributed by atoms with van der Waals surface area (Å²) in [6.45, 7) is 4.77. The monoisotopic (exact) mass is 397 g/mol. The first-order chi connectivity index (χ1) is 14.2. The van der Waals surface area contributed by atoms with Crippen LogP contribution >= 0.6 is 0 Å².